The molecule has 0 spiro atoms. The van der Waals surface area contributed by atoms with Gasteiger partial charge in [-0.3, -0.25) is 4.79 Å². The maximum atomic E-state index is 12.8. The van der Waals surface area contributed by atoms with E-state index < -0.39 is 0 Å². The minimum absolute atomic E-state index is 0.0423. The number of nitrogens with zero attached hydrogens (tertiary/aromatic N) is 2. The summed E-state index contributed by atoms with van der Waals surface area (Å²) < 4.78 is 0.739. The van der Waals surface area contributed by atoms with E-state index in [9.17, 15) is 4.79 Å². The number of halogens is 1. The third kappa shape index (κ3) is 3.35. The topological polar surface area (TPSA) is 45.2 Å². The third-order valence-electron chi connectivity index (χ3n) is 3.71. The van der Waals surface area contributed by atoms with Crippen molar-refractivity contribution in [2.45, 2.75) is 25.8 Å². The maximum absolute atomic E-state index is 12.8. The Balaban J connectivity index is 1.79. The molecule has 1 aliphatic heterocycles. The van der Waals surface area contributed by atoms with Gasteiger partial charge in [-0.25, -0.2) is 4.98 Å². The normalized spacial score (nSPS) is 17.8. The SMILES string of the molecule is CCCN(C(=O)c1csc(-c2ccc(Cl)s2)n1)C1CCNC1. The second kappa shape index (κ2) is 7.08. The largest absolute Gasteiger partial charge is 0.333 e. The van der Waals surface area contributed by atoms with Crippen molar-refractivity contribution < 1.29 is 4.79 Å². The molecule has 1 atom stereocenters. The van der Waals surface area contributed by atoms with E-state index in [0.29, 0.717) is 5.69 Å². The van der Waals surface area contributed by atoms with E-state index >= 15 is 0 Å². The number of carbonyl (C=O) groups excluding carboxylic acids is 1. The highest BCUT2D eigenvalue weighted by molar-refractivity contribution is 7.23. The summed E-state index contributed by atoms with van der Waals surface area (Å²) in [5.41, 5.74) is 0.546. The fourth-order valence-electron chi connectivity index (χ4n) is 2.66. The predicted molar refractivity (Wildman–Crippen MR) is 93.0 cm³/mol. The first-order valence-electron chi connectivity index (χ1n) is 7.42. The summed E-state index contributed by atoms with van der Waals surface area (Å²) in [6.07, 6.45) is 1.98. The number of carbonyl (C=O) groups is 1. The highest BCUT2D eigenvalue weighted by Gasteiger charge is 2.28. The molecule has 0 aromatic carbocycles. The number of rotatable bonds is 5. The average Bonchev–Trinajstić information content (AvgIpc) is 3.24. The molecule has 0 aliphatic carbocycles. The quantitative estimate of drug-likeness (QED) is 0.888. The zero-order valence-electron chi connectivity index (χ0n) is 12.3. The number of nitrogens with one attached hydrogen (secondary N) is 1. The molecule has 3 heterocycles. The van der Waals surface area contributed by atoms with E-state index in [1.165, 1.54) is 22.7 Å². The summed E-state index contributed by atoms with van der Waals surface area (Å²) in [6.45, 7) is 4.74. The highest BCUT2D eigenvalue weighted by Crippen LogP contribution is 2.33. The van der Waals surface area contributed by atoms with Gasteiger partial charge in [-0.2, -0.15) is 0 Å². The number of hydrogen-bond acceptors (Lipinski definition) is 5. The zero-order chi connectivity index (χ0) is 15.5. The van der Waals surface area contributed by atoms with Gasteiger partial charge in [0.1, 0.15) is 10.7 Å². The molecule has 1 aliphatic rings. The second-order valence-electron chi connectivity index (χ2n) is 5.29. The van der Waals surface area contributed by atoms with Crippen LogP contribution in [0.2, 0.25) is 4.34 Å². The Hall–Kier alpha value is -0.950. The summed E-state index contributed by atoms with van der Waals surface area (Å²) in [5, 5.41) is 6.05. The standard InChI is InChI=1S/C15H18ClN3OS2/c1-2-7-19(10-5-6-17-8-10)15(20)11-9-21-14(18-11)12-3-4-13(16)22-12/h3-4,9-10,17H,2,5-8H2,1H3. The van der Waals surface area contributed by atoms with Crippen LogP contribution in [0.15, 0.2) is 17.5 Å². The highest BCUT2D eigenvalue weighted by atomic mass is 35.5. The fourth-order valence-corrected chi connectivity index (χ4v) is 4.57. The fraction of sp³-hybridized carbons (Fsp3) is 0.467. The Kier molecular flexibility index (Phi) is 5.13. The number of thiazole rings is 1. The first-order chi connectivity index (χ1) is 10.7. The van der Waals surface area contributed by atoms with Crippen LogP contribution in [0.3, 0.4) is 0 Å². The van der Waals surface area contributed by atoms with Gasteiger partial charge in [-0.15, -0.1) is 22.7 Å². The van der Waals surface area contributed by atoms with Crippen molar-refractivity contribution in [1.82, 2.24) is 15.2 Å². The van der Waals surface area contributed by atoms with E-state index in [1.54, 1.807) is 0 Å². The van der Waals surface area contributed by atoms with Crippen LogP contribution in [0, 0.1) is 0 Å². The maximum Gasteiger partial charge on any atom is 0.273 e. The third-order valence-corrected chi connectivity index (χ3v) is 5.95. The van der Waals surface area contributed by atoms with Gasteiger partial charge in [-0.05, 0) is 31.5 Å². The molecule has 2 aromatic heterocycles. The lowest BCUT2D eigenvalue weighted by atomic mass is 10.2. The van der Waals surface area contributed by atoms with Crippen LogP contribution in [0.1, 0.15) is 30.3 Å². The number of hydrogen-bond donors (Lipinski definition) is 1. The lowest BCUT2D eigenvalue weighted by Gasteiger charge is -2.27. The molecule has 7 heteroatoms. The molecule has 0 radical (unpaired) electrons. The van der Waals surface area contributed by atoms with Gasteiger partial charge >= 0.3 is 0 Å². The van der Waals surface area contributed by atoms with Crippen molar-refractivity contribution in [3.05, 3.63) is 27.5 Å². The zero-order valence-corrected chi connectivity index (χ0v) is 14.7. The number of thiophene rings is 1. The molecule has 1 N–H and O–H groups in total. The van der Waals surface area contributed by atoms with Gasteiger partial charge in [0.25, 0.3) is 5.91 Å². The minimum atomic E-state index is 0.0423. The molecule has 1 amide bonds. The van der Waals surface area contributed by atoms with Crippen molar-refractivity contribution in [1.29, 1.82) is 0 Å². The molecule has 1 saturated heterocycles. The monoisotopic (exact) mass is 355 g/mol. The smallest absolute Gasteiger partial charge is 0.273 e. The van der Waals surface area contributed by atoms with Crippen LogP contribution in [0.25, 0.3) is 9.88 Å². The summed E-state index contributed by atoms with van der Waals surface area (Å²) >= 11 is 8.96. The summed E-state index contributed by atoms with van der Waals surface area (Å²) in [5.74, 6) is 0.0423. The van der Waals surface area contributed by atoms with Gasteiger partial charge in [0, 0.05) is 24.5 Å². The molecule has 118 valence electrons. The van der Waals surface area contributed by atoms with Gasteiger partial charge in [0.15, 0.2) is 0 Å². The van der Waals surface area contributed by atoms with Crippen LogP contribution in [-0.2, 0) is 0 Å². The van der Waals surface area contributed by atoms with E-state index in [1.807, 2.05) is 22.4 Å². The van der Waals surface area contributed by atoms with E-state index in [4.69, 9.17) is 11.6 Å². The second-order valence-corrected chi connectivity index (χ2v) is 7.86. The lowest BCUT2D eigenvalue weighted by molar-refractivity contribution is 0.0687. The molecule has 0 bridgehead atoms. The lowest BCUT2D eigenvalue weighted by Crippen LogP contribution is -2.42. The van der Waals surface area contributed by atoms with Crippen LogP contribution in [0.5, 0.6) is 0 Å². The van der Waals surface area contributed by atoms with Crippen molar-refractivity contribution in [2.24, 2.45) is 0 Å². The Bertz CT molecular complexity index is 649. The first kappa shape index (κ1) is 15.9. The minimum Gasteiger partial charge on any atom is -0.333 e. The molecular weight excluding hydrogens is 338 g/mol. The van der Waals surface area contributed by atoms with Crippen LogP contribution in [-0.4, -0.2) is 41.5 Å². The Morgan fingerprint density at radius 2 is 2.41 bits per heavy atom. The molecule has 22 heavy (non-hydrogen) atoms. The Morgan fingerprint density at radius 3 is 3.05 bits per heavy atom. The summed E-state index contributed by atoms with van der Waals surface area (Å²) in [4.78, 5) is 20.3. The van der Waals surface area contributed by atoms with Gasteiger partial charge < -0.3 is 10.2 Å². The molecule has 2 aromatic rings. The van der Waals surface area contributed by atoms with Crippen LogP contribution >= 0.6 is 34.3 Å². The molecule has 0 saturated carbocycles. The molecule has 3 rings (SSSR count). The van der Waals surface area contributed by atoms with Crippen molar-refractivity contribution in [3.63, 3.8) is 0 Å². The average molecular weight is 356 g/mol. The molecule has 1 unspecified atom stereocenters. The van der Waals surface area contributed by atoms with Crippen LogP contribution < -0.4 is 5.32 Å². The van der Waals surface area contributed by atoms with E-state index in [-0.39, 0.29) is 11.9 Å². The summed E-state index contributed by atoms with van der Waals surface area (Å²) in [6, 6.07) is 4.09. The first-order valence-corrected chi connectivity index (χ1v) is 9.49. The molecular formula is C15H18ClN3OS2. The molecule has 4 nitrogen and oxygen atoms in total. The van der Waals surface area contributed by atoms with Crippen molar-refractivity contribution in [3.8, 4) is 9.88 Å². The van der Waals surface area contributed by atoms with Gasteiger partial charge in [0.2, 0.25) is 0 Å². The van der Waals surface area contributed by atoms with E-state index in [2.05, 4.69) is 17.2 Å². The Labute approximate surface area is 143 Å². The van der Waals surface area contributed by atoms with Crippen molar-refractivity contribution >= 4 is 40.2 Å². The summed E-state index contributed by atoms with van der Waals surface area (Å²) in [7, 11) is 0. The van der Waals surface area contributed by atoms with E-state index in [0.717, 1.165) is 46.7 Å². The number of amides is 1. The van der Waals surface area contributed by atoms with Gasteiger partial charge in [0.05, 0.1) is 9.21 Å². The van der Waals surface area contributed by atoms with Crippen molar-refractivity contribution in [2.75, 3.05) is 19.6 Å². The Morgan fingerprint density at radius 1 is 1.55 bits per heavy atom. The van der Waals surface area contributed by atoms with Crippen LogP contribution in [0.4, 0.5) is 0 Å². The molecule has 1 fully saturated rings. The van der Waals surface area contributed by atoms with Gasteiger partial charge in [-0.1, -0.05) is 18.5 Å². The predicted octanol–water partition coefficient (Wildman–Crippen LogP) is 3.74. The number of aromatic nitrogens is 1.